The molecule has 1 heterocycles. The minimum atomic E-state index is -0.627. The van der Waals surface area contributed by atoms with E-state index in [4.69, 9.17) is 5.73 Å². The van der Waals surface area contributed by atoms with E-state index in [-0.39, 0.29) is 5.56 Å². The summed E-state index contributed by atoms with van der Waals surface area (Å²) in [4.78, 5) is 25.3. The number of fused-ring (bicyclic) bond motifs is 1. The predicted octanol–water partition coefficient (Wildman–Crippen LogP) is 4.13. The average Bonchev–Trinajstić information content (AvgIpc) is 2.83. The molecule has 2 aromatic rings. The van der Waals surface area contributed by atoms with E-state index in [1.807, 2.05) is 0 Å². The van der Waals surface area contributed by atoms with Crippen molar-refractivity contribution >= 4 is 44.1 Å². The second kappa shape index (κ2) is 6.64. The van der Waals surface area contributed by atoms with Crippen LogP contribution < -0.4 is 11.1 Å². The number of halogens is 2. The Morgan fingerprint density at radius 2 is 2.17 bits per heavy atom. The Morgan fingerprint density at radius 1 is 1.42 bits per heavy atom. The van der Waals surface area contributed by atoms with Gasteiger partial charge in [0.1, 0.15) is 10.8 Å². The van der Waals surface area contributed by atoms with Crippen LogP contribution in [0, 0.1) is 11.7 Å². The van der Waals surface area contributed by atoms with Crippen molar-refractivity contribution in [1.82, 2.24) is 0 Å². The Balaban J connectivity index is 1.95. The molecule has 1 aromatic carbocycles. The van der Waals surface area contributed by atoms with E-state index in [2.05, 4.69) is 28.2 Å². The maximum atomic E-state index is 14.0. The maximum Gasteiger partial charge on any atom is 0.259 e. The minimum absolute atomic E-state index is 0.0756. The molecule has 0 saturated carbocycles. The lowest BCUT2D eigenvalue weighted by molar-refractivity contribution is 0.1000. The summed E-state index contributed by atoms with van der Waals surface area (Å²) in [5, 5.41) is 3.07. The molecule has 1 unspecified atom stereocenters. The smallest absolute Gasteiger partial charge is 0.259 e. The first kappa shape index (κ1) is 17.1. The molecule has 0 spiro atoms. The van der Waals surface area contributed by atoms with E-state index in [0.29, 0.717) is 21.0 Å². The first-order chi connectivity index (χ1) is 11.4. The van der Waals surface area contributed by atoms with E-state index >= 15 is 0 Å². The van der Waals surface area contributed by atoms with Gasteiger partial charge in [0.25, 0.3) is 11.8 Å². The molecule has 1 aliphatic rings. The van der Waals surface area contributed by atoms with Gasteiger partial charge in [-0.15, -0.1) is 11.3 Å². The van der Waals surface area contributed by atoms with Crippen LogP contribution in [-0.2, 0) is 12.8 Å². The monoisotopic (exact) mass is 410 g/mol. The molecule has 0 aliphatic heterocycles. The lowest BCUT2D eigenvalue weighted by atomic mass is 9.88. The lowest BCUT2D eigenvalue weighted by Gasteiger charge is -2.18. The molecule has 2 amide bonds. The van der Waals surface area contributed by atoms with E-state index in [0.717, 1.165) is 29.7 Å². The number of nitrogens with two attached hydrogens (primary N) is 1. The Bertz CT molecular complexity index is 834. The molecule has 0 radical (unpaired) electrons. The quantitative estimate of drug-likeness (QED) is 0.798. The number of carbonyl (C=O) groups excluding carboxylic acids is 2. The third-order valence-electron chi connectivity index (χ3n) is 4.16. The Labute approximate surface area is 151 Å². The second-order valence-electron chi connectivity index (χ2n) is 6.00. The molecule has 1 aliphatic carbocycles. The van der Waals surface area contributed by atoms with Crippen LogP contribution in [0.4, 0.5) is 9.39 Å². The fourth-order valence-electron chi connectivity index (χ4n) is 2.94. The zero-order valence-electron chi connectivity index (χ0n) is 13.0. The highest BCUT2D eigenvalue weighted by molar-refractivity contribution is 9.10. The van der Waals surface area contributed by atoms with Gasteiger partial charge in [-0.1, -0.05) is 22.9 Å². The molecule has 1 aromatic heterocycles. The Hall–Kier alpha value is -1.73. The second-order valence-corrected chi connectivity index (χ2v) is 8.02. The molecular formula is C17H16BrFN2O2S. The van der Waals surface area contributed by atoms with Crippen LogP contribution in [-0.4, -0.2) is 11.8 Å². The average molecular weight is 411 g/mol. The van der Waals surface area contributed by atoms with Gasteiger partial charge in [0.05, 0.1) is 11.1 Å². The number of primary amides is 1. The van der Waals surface area contributed by atoms with E-state index < -0.39 is 17.6 Å². The summed E-state index contributed by atoms with van der Waals surface area (Å²) in [6.45, 7) is 2.15. The van der Waals surface area contributed by atoms with Gasteiger partial charge in [-0.25, -0.2) is 4.39 Å². The van der Waals surface area contributed by atoms with Crippen molar-refractivity contribution in [1.29, 1.82) is 0 Å². The van der Waals surface area contributed by atoms with Crippen LogP contribution in [0.2, 0.25) is 0 Å². The van der Waals surface area contributed by atoms with Gasteiger partial charge in [-0.3, -0.25) is 9.59 Å². The molecule has 0 fully saturated rings. The summed E-state index contributed by atoms with van der Waals surface area (Å²) in [6, 6.07) is 4.22. The van der Waals surface area contributed by atoms with Crippen molar-refractivity contribution < 1.29 is 14.0 Å². The number of thiophene rings is 1. The molecular weight excluding hydrogens is 395 g/mol. The highest BCUT2D eigenvalue weighted by atomic mass is 79.9. The molecule has 24 heavy (non-hydrogen) atoms. The summed E-state index contributed by atoms with van der Waals surface area (Å²) in [5.74, 6) is -1.25. The van der Waals surface area contributed by atoms with Gasteiger partial charge in [-0.05, 0) is 48.9 Å². The van der Waals surface area contributed by atoms with Crippen LogP contribution in [0.15, 0.2) is 22.7 Å². The van der Waals surface area contributed by atoms with Crippen molar-refractivity contribution in [3.05, 3.63) is 50.1 Å². The van der Waals surface area contributed by atoms with Crippen molar-refractivity contribution in [2.75, 3.05) is 5.32 Å². The molecule has 7 heteroatoms. The maximum absolute atomic E-state index is 14.0. The van der Waals surface area contributed by atoms with Gasteiger partial charge >= 0.3 is 0 Å². The molecule has 4 nitrogen and oxygen atoms in total. The third kappa shape index (κ3) is 3.23. The van der Waals surface area contributed by atoms with Crippen LogP contribution in [0.3, 0.4) is 0 Å². The van der Waals surface area contributed by atoms with Crippen LogP contribution in [0.5, 0.6) is 0 Å². The number of hydrogen-bond acceptors (Lipinski definition) is 3. The summed E-state index contributed by atoms with van der Waals surface area (Å²) in [5.41, 5.74) is 6.74. The first-order valence-corrected chi connectivity index (χ1v) is 9.18. The topological polar surface area (TPSA) is 72.2 Å². The van der Waals surface area contributed by atoms with Crippen molar-refractivity contribution in [3.63, 3.8) is 0 Å². The fourth-order valence-corrected chi connectivity index (χ4v) is 4.69. The fraction of sp³-hybridized carbons (Fsp3) is 0.294. The summed E-state index contributed by atoms with van der Waals surface area (Å²) in [6.07, 6.45) is 2.62. The van der Waals surface area contributed by atoms with Crippen molar-refractivity contribution in [2.24, 2.45) is 11.7 Å². The highest BCUT2D eigenvalue weighted by Gasteiger charge is 2.27. The van der Waals surface area contributed by atoms with Gasteiger partial charge < -0.3 is 11.1 Å². The molecule has 3 rings (SSSR count). The van der Waals surface area contributed by atoms with E-state index in [1.54, 1.807) is 6.07 Å². The van der Waals surface area contributed by atoms with Crippen LogP contribution >= 0.6 is 27.3 Å². The SMILES string of the molecule is CC1CCc2c(sc(NC(=O)c3ccc(Br)cc3F)c2C(N)=O)C1. The first-order valence-electron chi connectivity index (χ1n) is 7.57. The van der Waals surface area contributed by atoms with E-state index in [9.17, 15) is 14.0 Å². The largest absolute Gasteiger partial charge is 0.365 e. The molecule has 0 bridgehead atoms. The standard InChI is InChI=1S/C17H16BrFN2O2S/c1-8-2-4-11-13(6-8)24-17(14(11)15(20)22)21-16(23)10-5-3-9(18)7-12(10)19/h3,5,7-8H,2,4,6H2,1H3,(H2,20,22)(H,21,23). The summed E-state index contributed by atoms with van der Waals surface area (Å²) < 4.78 is 14.5. The zero-order chi connectivity index (χ0) is 17.4. The van der Waals surface area contributed by atoms with Crippen LogP contribution in [0.25, 0.3) is 0 Å². The van der Waals surface area contributed by atoms with Gasteiger partial charge in [0.15, 0.2) is 0 Å². The highest BCUT2D eigenvalue weighted by Crippen LogP contribution is 2.39. The molecule has 1 atom stereocenters. The number of carbonyl (C=O) groups is 2. The summed E-state index contributed by atoms with van der Waals surface area (Å²) >= 11 is 4.52. The number of benzene rings is 1. The molecule has 126 valence electrons. The zero-order valence-corrected chi connectivity index (χ0v) is 15.4. The minimum Gasteiger partial charge on any atom is -0.365 e. The van der Waals surface area contributed by atoms with Gasteiger partial charge in [0.2, 0.25) is 0 Å². The Kier molecular flexibility index (Phi) is 4.73. The van der Waals surface area contributed by atoms with E-state index in [1.165, 1.54) is 23.5 Å². The normalized spacial score (nSPS) is 16.5. The third-order valence-corrected chi connectivity index (χ3v) is 5.82. The van der Waals surface area contributed by atoms with Gasteiger partial charge in [0, 0.05) is 9.35 Å². The molecule has 0 saturated heterocycles. The predicted molar refractivity (Wildman–Crippen MR) is 96.1 cm³/mol. The number of amides is 2. The van der Waals surface area contributed by atoms with Crippen molar-refractivity contribution in [3.8, 4) is 0 Å². The van der Waals surface area contributed by atoms with Crippen LogP contribution in [0.1, 0.15) is 44.5 Å². The number of hydrogen-bond donors (Lipinski definition) is 2. The Morgan fingerprint density at radius 3 is 2.83 bits per heavy atom. The molecule has 3 N–H and O–H groups in total. The number of rotatable bonds is 3. The summed E-state index contributed by atoms with van der Waals surface area (Å²) in [7, 11) is 0. The van der Waals surface area contributed by atoms with Gasteiger partial charge in [-0.2, -0.15) is 0 Å². The number of anilines is 1. The lowest BCUT2D eigenvalue weighted by Crippen LogP contribution is -2.19. The number of nitrogens with one attached hydrogen (secondary N) is 1. The van der Waals surface area contributed by atoms with Crippen molar-refractivity contribution in [2.45, 2.75) is 26.2 Å².